The summed E-state index contributed by atoms with van der Waals surface area (Å²) in [6, 6.07) is 10.5. The molecule has 0 bridgehead atoms. The van der Waals surface area contributed by atoms with E-state index in [0.717, 1.165) is 4.90 Å². The lowest BCUT2D eigenvalue weighted by atomic mass is 9.80. The first-order valence-electron chi connectivity index (χ1n) is 10.3. The van der Waals surface area contributed by atoms with Crippen LogP contribution in [0.2, 0.25) is 10.0 Å². The van der Waals surface area contributed by atoms with Gasteiger partial charge in [0.1, 0.15) is 0 Å². The Bertz CT molecular complexity index is 1130. The highest BCUT2D eigenvalue weighted by molar-refractivity contribution is 6.44. The van der Waals surface area contributed by atoms with Gasteiger partial charge in [-0.1, -0.05) is 29.3 Å². The number of hydrogen-bond donors (Lipinski definition) is 1. The number of hydrogen-bond acceptors (Lipinski definition) is 5. The molecule has 7 nitrogen and oxygen atoms in total. The van der Waals surface area contributed by atoms with Crippen molar-refractivity contribution >= 4 is 81.5 Å². The Morgan fingerprint density at radius 1 is 0.941 bits per heavy atom. The number of fused-ring (bicyclic) bond motifs is 1. The molecule has 1 N–H and O–H groups in total. The van der Waals surface area contributed by atoms with E-state index in [1.54, 1.807) is 18.2 Å². The molecular weight excluding hydrogens is 526 g/mol. The molecule has 2 aromatic carbocycles. The predicted octanol–water partition coefficient (Wildman–Crippen LogP) is 4.90. The van der Waals surface area contributed by atoms with Crippen LogP contribution < -0.4 is 10.2 Å². The molecule has 1 aliphatic heterocycles. The molecule has 1 aliphatic carbocycles. The van der Waals surface area contributed by atoms with Gasteiger partial charge in [-0.05, 0) is 49.2 Å². The molecule has 178 valence electrons. The number of benzene rings is 2. The summed E-state index contributed by atoms with van der Waals surface area (Å²) in [6.07, 6.45) is 0.683. The highest BCUT2D eigenvalue weighted by Crippen LogP contribution is 2.43. The number of alkyl halides is 2. The third-order valence-electron chi connectivity index (χ3n) is 5.83. The van der Waals surface area contributed by atoms with E-state index < -0.39 is 30.3 Å². The summed E-state index contributed by atoms with van der Waals surface area (Å²) in [5.74, 6) is -2.99. The smallest absolute Gasteiger partial charge is 0.338 e. The zero-order chi connectivity index (χ0) is 24.6. The number of nitrogens with zero attached hydrogens (tertiary/aromatic N) is 1. The summed E-state index contributed by atoms with van der Waals surface area (Å²) in [4.78, 5) is 51.2. The number of carbonyl (C=O) groups is 4. The summed E-state index contributed by atoms with van der Waals surface area (Å²) < 4.78 is 5.04. The van der Waals surface area contributed by atoms with E-state index in [1.807, 2.05) is 0 Å². The van der Waals surface area contributed by atoms with Crippen molar-refractivity contribution < 1.29 is 23.9 Å². The molecule has 1 saturated carbocycles. The average molecular weight is 544 g/mol. The van der Waals surface area contributed by atoms with Crippen LogP contribution in [0.1, 0.15) is 23.2 Å². The van der Waals surface area contributed by atoms with Crippen molar-refractivity contribution in [2.24, 2.45) is 11.8 Å². The van der Waals surface area contributed by atoms with E-state index in [1.165, 1.54) is 24.3 Å². The minimum absolute atomic E-state index is 0.149. The van der Waals surface area contributed by atoms with E-state index in [0.29, 0.717) is 24.2 Å². The van der Waals surface area contributed by atoms with Crippen LogP contribution in [0.15, 0.2) is 42.5 Å². The van der Waals surface area contributed by atoms with Gasteiger partial charge in [-0.3, -0.25) is 19.3 Å². The Hall–Kier alpha value is -2.32. The number of ether oxygens (including phenoxy) is 1. The van der Waals surface area contributed by atoms with Gasteiger partial charge in [0.15, 0.2) is 6.61 Å². The molecule has 34 heavy (non-hydrogen) atoms. The Morgan fingerprint density at radius 2 is 1.53 bits per heavy atom. The molecule has 4 atom stereocenters. The summed E-state index contributed by atoms with van der Waals surface area (Å²) in [5, 5.41) is 2.22. The highest BCUT2D eigenvalue weighted by Gasteiger charge is 2.52. The van der Waals surface area contributed by atoms with Gasteiger partial charge in [0.05, 0.1) is 49.6 Å². The number of halogens is 4. The van der Waals surface area contributed by atoms with Crippen molar-refractivity contribution in [2.45, 2.75) is 23.6 Å². The van der Waals surface area contributed by atoms with E-state index in [-0.39, 0.29) is 38.2 Å². The Balaban J connectivity index is 1.37. The van der Waals surface area contributed by atoms with Crippen molar-refractivity contribution in [3.05, 3.63) is 58.1 Å². The third-order valence-corrected chi connectivity index (χ3v) is 7.75. The Labute approximate surface area is 215 Å². The van der Waals surface area contributed by atoms with Gasteiger partial charge in [0.2, 0.25) is 11.8 Å². The van der Waals surface area contributed by atoms with Crippen molar-refractivity contribution in [1.82, 2.24) is 0 Å². The quantitative estimate of drug-likeness (QED) is 0.329. The van der Waals surface area contributed by atoms with Crippen LogP contribution in [-0.2, 0) is 19.1 Å². The van der Waals surface area contributed by atoms with Crippen LogP contribution in [0.4, 0.5) is 11.4 Å². The zero-order valence-electron chi connectivity index (χ0n) is 17.5. The van der Waals surface area contributed by atoms with Gasteiger partial charge in [-0.15, -0.1) is 23.2 Å². The number of nitrogens with one attached hydrogen (secondary N) is 1. The van der Waals surface area contributed by atoms with Crippen LogP contribution in [0.3, 0.4) is 0 Å². The molecule has 2 aliphatic rings. The van der Waals surface area contributed by atoms with Crippen LogP contribution in [-0.4, -0.2) is 41.1 Å². The second-order valence-corrected chi connectivity index (χ2v) is 9.91. The molecule has 0 radical (unpaired) electrons. The second-order valence-electron chi connectivity index (χ2n) is 8.00. The molecule has 2 aromatic rings. The third kappa shape index (κ3) is 4.89. The molecule has 0 unspecified atom stereocenters. The van der Waals surface area contributed by atoms with Gasteiger partial charge >= 0.3 is 5.97 Å². The molecule has 0 aromatic heterocycles. The second kappa shape index (κ2) is 10.1. The topological polar surface area (TPSA) is 92.8 Å². The molecule has 11 heteroatoms. The van der Waals surface area contributed by atoms with Crippen LogP contribution in [0.25, 0.3) is 0 Å². The SMILES string of the molecule is O=C(COC(=O)c1ccc(N2C(=O)[C@H]3C[C@H](Cl)[C@@H](Cl)C[C@H]3C2=O)cc1)Nc1cccc(Cl)c1Cl. The summed E-state index contributed by atoms with van der Waals surface area (Å²) in [5.41, 5.74) is 0.781. The Morgan fingerprint density at radius 3 is 2.12 bits per heavy atom. The highest BCUT2D eigenvalue weighted by atomic mass is 35.5. The number of esters is 1. The van der Waals surface area contributed by atoms with Gasteiger partial charge in [-0.2, -0.15) is 0 Å². The molecule has 1 heterocycles. The monoisotopic (exact) mass is 542 g/mol. The van der Waals surface area contributed by atoms with E-state index in [4.69, 9.17) is 51.1 Å². The van der Waals surface area contributed by atoms with Gasteiger partial charge in [0, 0.05) is 0 Å². The van der Waals surface area contributed by atoms with E-state index in [2.05, 4.69) is 5.32 Å². The molecular formula is C23H18Cl4N2O5. The fourth-order valence-electron chi connectivity index (χ4n) is 4.10. The lowest BCUT2D eigenvalue weighted by Crippen LogP contribution is -2.34. The molecule has 1 saturated heterocycles. The molecule has 4 rings (SSSR count). The number of rotatable bonds is 5. The maximum Gasteiger partial charge on any atom is 0.338 e. The van der Waals surface area contributed by atoms with E-state index in [9.17, 15) is 19.2 Å². The fraction of sp³-hybridized carbons (Fsp3) is 0.304. The van der Waals surface area contributed by atoms with Gasteiger partial charge < -0.3 is 10.1 Å². The summed E-state index contributed by atoms with van der Waals surface area (Å²) in [6.45, 7) is -0.547. The first kappa shape index (κ1) is 24.8. The van der Waals surface area contributed by atoms with Crippen LogP contribution in [0.5, 0.6) is 0 Å². The number of carbonyl (C=O) groups excluding carboxylic acids is 4. The molecule has 2 fully saturated rings. The van der Waals surface area contributed by atoms with E-state index >= 15 is 0 Å². The largest absolute Gasteiger partial charge is 0.452 e. The maximum atomic E-state index is 12.8. The fourth-order valence-corrected chi connectivity index (χ4v) is 5.03. The summed E-state index contributed by atoms with van der Waals surface area (Å²) in [7, 11) is 0. The van der Waals surface area contributed by atoms with Crippen molar-refractivity contribution in [3.8, 4) is 0 Å². The number of anilines is 2. The lowest BCUT2D eigenvalue weighted by molar-refractivity contribution is -0.122. The van der Waals surface area contributed by atoms with Crippen molar-refractivity contribution in [2.75, 3.05) is 16.8 Å². The zero-order valence-corrected chi connectivity index (χ0v) is 20.5. The first-order chi connectivity index (χ1) is 16.2. The van der Waals surface area contributed by atoms with Crippen LogP contribution in [0, 0.1) is 11.8 Å². The summed E-state index contributed by atoms with van der Waals surface area (Å²) >= 11 is 24.3. The number of imide groups is 1. The predicted molar refractivity (Wildman–Crippen MR) is 130 cm³/mol. The van der Waals surface area contributed by atoms with Crippen LogP contribution >= 0.6 is 46.4 Å². The minimum atomic E-state index is -0.749. The van der Waals surface area contributed by atoms with Crippen molar-refractivity contribution in [1.29, 1.82) is 0 Å². The lowest BCUT2D eigenvalue weighted by Gasteiger charge is -2.28. The Kier molecular flexibility index (Phi) is 7.38. The minimum Gasteiger partial charge on any atom is -0.452 e. The normalized spacial score (nSPS) is 24.1. The standard InChI is InChI=1S/C23H18Cl4N2O5/c24-15-2-1-3-18(20(15)27)28-19(30)10-34-23(33)11-4-6-12(7-5-11)29-21(31)13-8-16(25)17(26)9-14(13)22(29)32/h1-7,13-14,16-17H,8-10H2,(H,28,30)/t13-,14+,16-,17-/m0/s1. The number of amides is 3. The van der Waals surface area contributed by atoms with Gasteiger partial charge in [-0.25, -0.2) is 4.79 Å². The maximum absolute atomic E-state index is 12.8. The van der Waals surface area contributed by atoms with Gasteiger partial charge in [0.25, 0.3) is 5.91 Å². The first-order valence-corrected chi connectivity index (χ1v) is 12.0. The van der Waals surface area contributed by atoms with Crippen molar-refractivity contribution in [3.63, 3.8) is 0 Å². The molecule has 3 amide bonds. The average Bonchev–Trinajstić information content (AvgIpc) is 3.05. The molecule has 0 spiro atoms.